The fraction of sp³-hybridized carbons (Fsp3) is 0.667. The number of likely N-dealkylation sites (tertiary alicyclic amines) is 1. The molecular formula is C15H21N3O3S. The van der Waals surface area contributed by atoms with E-state index < -0.39 is 0 Å². The summed E-state index contributed by atoms with van der Waals surface area (Å²) in [6.45, 7) is 5.12. The quantitative estimate of drug-likeness (QED) is 0.596. The van der Waals surface area contributed by atoms with Crippen LogP contribution in [0.5, 0.6) is 0 Å². The van der Waals surface area contributed by atoms with E-state index in [-0.39, 0.29) is 36.4 Å². The number of amides is 1. The largest absolute Gasteiger partial charge is 0.396 e. The summed E-state index contributed by atoms with van der Waals surface area (Å²) in [5.41, 5.74) is 1.46. The molecule has 1 amide bonds. The van der Waals surface area contributed by atoms with Gasteiger partial charge >= 0.3 is 0 Å². The highest BCUT2D eigenvalue weighted by atomic mass is 32.2. The highest BCUT2D eigenvalue weighted by molar-refractivity contribution is 7.99. The first kappa shape index (κ1) is 15.7. The van der Waals surface area contributed by atoms with Gasteiger partial charge in [-0.15, -0.1) is 0 Å². The van der Waals surface area contributed by atoms with Crippen LogP contribution in [0.15, 0.2) is 11.2 Å². The minimum atomic E-state index is -0.347. The van der Waals surface area contributed by atoms with Gasteiger partial charge in [0.25, 0.3) is 0 Å². The Balaban J connectivity index is 1.52. The summed E-state index contributed by atoms with van der Waals surface area (Å²) in [5.74, 6) is 0.890. The molecule has 0 spiro atoms. The van der Waals surface area contributed by atoms with E-state index in [1.54, 1.807) is 0 Å². The van der Waals surface area contributed by atoms with E-state index in [0.29, 0.717) is 24.0 Å². The van der Waals surface area contributed by atoms with Gasteiger partial charge in [-0.1, -0.05) is 11.8 Å². The van der Waals surface area contributed by atoms with E-state index in [2.05, 4.69) is 9.97 Å². The number of carbonyl (C=O) groups excluding carboxylic acids is 1. The van der Waals surface area contributed by atoms with Crippen LogP contribution in [0.2, 0.25) is 0 Å². The van der Waals surface area contributed by atoms with Crippen molar-refractivity contribution >= 4 is 17.7 Å². The van der Waals surface area contributed by atoms with Crippen LogP contribution in [0.4, 0.5) is 0 Å². The minimum absolute atomic E-state index is 0.00598. The molecule has 2 unspecified atom stereocenters. The van der Waals surface area contributed by atoms with E-state index in [9.17, 15) is 15.0 Å². The number of hydrogen-bond donors (Lipinski definition) is 2. The van der Waals surface area contributed by atoms with Crippen LogP contribution < -0.4 is 0 Å². The Morgan fingerprint density at radius 3 is 2.32 bits per heavy atom. The maximum absolute atomic E-state index is 12.3. The molecule has 3 rings (SSSR count). The zero-order valence-corrected chi connectivity index (χ0v) is 13.6. The molecule has 1 aromatic rings. The second kappa shape index (κ2) is 5.79. The maximum atomic E-state index is 12.3. The van der Waals surface area contributed by atoms with E-state index in [0.717, 1.165) is 11.4 Å². The van der Waals surface area contributed by atoms with Crippen LogP contribution in [0.3, 0.4) is 0 Å². The Morgan fingerprint density at radius 2 is 1.82 bits per heavy atom. The number of carbonyl (C=O) groups is 1. The molecule has 7 heteroatoms. The predicted molar refractivity (Wildman–Crippen MR) is 82.4 cm³/mol. The Morgan fingerprint density at radius 1 is 1.27 bits per heavy atom. The number of piperidine rings is 1. The zero-order valence-electron chi connectivity index (χ0n) is 12.8. The Hall–Kier alpha value is -1.18. The first-order valence-corrected chi connectivity index (χ1v) is 8.43. The highest BCUT2D eigenvalue weighted by Crippen LogP contribution is 2.61. The van der Waals surface area contributed by atoms with Crippen LogP contribution in [0, 0.1) is 31.1 Å². The fourth-order valence-electron chi connectivity index (χ4n) is 3.54. The van der Waals surface area contributed by atoms with Crippen molar-refractivity contribution < 1.29 is 15.0 Å². The zero-order chi connectivity index (χ0) is 15.9. The molecule has 0 bridgehead atoms. The first-order valence-electron chi connectivity index (χ1n) is 7.45. The second-order valence-electron chi connectivity index (χ2n) is 6.28. The van der Waals surface area contributed by atoms with Gasteiger partial charge in [-0.05, 0) is 31.7 Å². The number of nitrogens with zero attached hydrogens (tertiary/aromatic N) is 3. The monoisotopic (exact) mass is 323 g/mol. The Bertz CT molecular complexity index is 557. The molecule has 2 fully saturated rings. The number of fused-ring (bicyclic) bond motifs is 1. The number of aliphatic hydroxyl groups is 2. The van der Waals surface area contributed by atoms with Gasteiger partial charge in [0.15, 0.2) is 5.16 Å². The van der Waals surface area contributed by atoms with Gasteiger partial charge in [-0.2, -0.15) is 0 Å². The van der Waals surface area contributed by atoms with E-state index in [1.807, 2.05) is 24.8 Å². The lowest BCUT2D eigenvalue weighted by Gasteiger charge is -2.24. The maximum Gasteiger partial charge on any atom is 0.233 e. The molecule has 120 valence electrons. The van der Waals surface area contributed by atoms with Crippen molar-refractivity contribution in [1.29, 1.82) is 0 Å². The molecule has 1 aromatic heterocycles. The van der Waals surface area contributed by atoms with Gasteiger partial charge in [0.05, 0.1) is 19.0 Å². The number of aromatic nitrogens is 2. The molecule has 22 heavy (non-hydrogen) atoms. The number of thioether (sulfide) groups is 1. The minimum Gasteiger partial charge on any atom is -0.396 e. The molecular weight excluding hydrogens is 302 g/mol. The summed E-state index contributed by atoms with van der Waals surface area (Å²) in [7, 11) is 0. The number of aliphatic hydroxyl groups excluding tert-OH is 2. The molecule has 0 radical (unpaired) electrons. The molecule has 0 aromatic carbocycles. The van der Waals surface area contributed by atoms with Crippen molar-refractivity contribution in [3.05, 3.63) is 17.5 Å². The first-order chi connectivity index (χ1) is 10.5. The van der Waals surface area contributed by atoms with Crippen molar-refractivity contribution in [2.24, 2.45) is 17.3 Å². The Labute approximate surface area is 134 Å². The van der Waals surface area contributed by atoms with Gasteiger partial charge in [0, 0.05) is 29.9 Å². The number of hydrogen-bond acceptors (Lipinski definition) is 6. The standard InChI is InChI=1S/C15H21N3O3S/c1-9-3-10(2)17-14(16-9)22-6-13(21)18-4-11-12(5-18)15(11,7-19)8-20/h3,11-12,19-20H,4-8H2,1-2H3. The van der Waals surface area contributed by atoms with E-state index in [4.69, 9.17) is 0 Å². The van der Waals surface area contributed by atoms with Crippen LogP contribution in [-0.4, -0.2) is 63.0 Å². The van der Waals surface area contributed by atoms with Crippen molar-refractivity contribution in [2.45, 2.75) is 19.0 Å². The number of rotatable bonds is 5. The van der Waals surface area contributed by atoms with E-state index in [1.165, 1.54) is 11.8 Å². The molecule has 2 N–H and O–H groups in total. The molecule has 6 nitrogen and oxygen atoms in total. The van der Waals surface area contributed by atoms with Gasteiger partial charge in [0.1, 0.15) is 0 Å². The molecule has 1 saturated carbocycles. The van der Waals surface area contributed by atoms with Gasteiger partial charge < -0.3 is 15.1 Å². The highest BCUT2D eigenvalue weighted by Gasteiger charge is 2.67. The van der Waals surface area contributed by atoms with Crippen molar-refractivity contribution in [3.8, 4) is 0 Å². The molecule has 2 heterocycles. The van der Waals surface area contributed by atoms with Gasteiger partial charge in [-0.3, -0.25) is 4.79 Å². The lowest BCUT2D eigenvalue weighted by Crippen LogP contribution is -2.37. The summed E-state index contributed by atoms with van der Waals surface area (Å²) in [6.07, 6.45) is 0. The third kappa shape index (κ3) is 2.61. The van der Waals surface area contributed by atoms with Gasteiger partial charge in [-0.25, -0.2) is 9.97 Å². The normalized spacial score (nSPS) is 25.2. The molecule has 1 aliphatic carbocycles. The lowest BCUT2D eigenvalue weighted by atomic mass is 10.0. The molecule has 2 aliphatic rings. The predicted octanol–water partition coefficient (Wildman–Crippen LogP) is 0.245. The average molecular weight is 323 g/mol. The second-order valence-corrected chi connectivity index (χ2v) is 7.23. The van der Waals surface area contributed by atoms with Gasteiger partial charge in [0.2, 0.25) is 5.91 Å². The van der Waals surface area contributed by atoms with Crippen molar-refractivity contribution in [1.82, 2.24) is 14.9 Å². The summed E-state index contributed by atoms with van der Waals surface area (Å²) in [6, 6.07) is 1.91. The third-order valence-corrected chi connectivity index (χ3v) is 5.75. The van der Waals surface area contributed by atoms with Crippen LogP contribution >= 0.6 is 11.8 Å². The topological polar surface area (TPSA) is 86.6 Å². The Kier molecular flexibility index (Phi) is 4.13. The van der Waals surface area contributed by atoms with Crippen molar-refractivity contribution in [3.63, 3.8) is 0 Å². The molecule has 2 atom stereocenters. The number of aryl methyl sites for hydroxylation is 2. The third-order valence-electron chi connectivity index (χ3n) is 4.92. The summed E-state index contributed by atoms with van der Waals surface area (Å²) < 4.78 is 0. The summed E-state index contributed by atoms with van der Waals surface area (Å²) in [4.78, 5) is 22.7. The molecule has 1 aliphatic heterocycles. The average Bonchev–Trinajstić information content (AvgIpc) is 2.85. The summed E-state index contributed by atoms with van der Waals surface area (Å²) >= 11 is 1.36. The fourth-order valence-corrected chi connectivity index (χ4v) is 4.39. The SMILES string of the molecule is Cc1cc(C)nc(SCC(=O)N2CC3C(C2)C3(CO)CO)n1. The molecule has 1 saturated heterocycles. The smallest absolute Gasteiger partial charge is 0.233 e. The van der Waals surface area contributed by atoms with E-state index >= 15 is 0 Å². The van der Waals surface area contributed by atoms with Crippen molar-refractivity contribution in [2.75, 3.05) is 32.1 Å². The van der Waals surface area contributed by atoms with Crippen LogP contribution in [0.1, 0.15) is 11.4 Å². The summed E-state index contributed by atoms with van der Waals surface area (Å²) in [5, 5.41) is 19.4. The van der Waals surface area contributed by atoms with Crippen LogP contribution in [-0.2, 0) is 4.79 Å². The lowest BCUT2D eigenvalue weighted by molar-refractivity contribution is -0.128. The van der Waals surface area contributed by atoms with Crippen LogP contribution in [0.25, 0.3) is 0 Å².